The first kappa shape index (κ1) is 28.7. The number of urea groups is 1. The van der Waals surface area contributed by atoms with Gasteiger partial charge in [0.15, 0.2) is 17.9 Å². The molecule has 9 nitrogen and oxygen atoms in total. The lowest BCUT2D eigenvalue weighted by atomic mass is 9.85. The summed E-state index contributed by atoms with van der Waals surface area (Å²) in [7, 11) is 1.64. The van der Waals surface area contributed by atoms with Crippen LogP contribution in [0.1, 0.15) is 52.0 Å². The van der Waals surface area contributed by atoms with Crippen molar-refractivity contribution in [1.29, 1.82) is 0 Å². The zero-order chi connectivity index (χ0) is 29.6. The number of rotatable bonds is 9. The SMILES string of the molecule is COc1cc2c(cc1OCCc1cccc(NC(C)=O)c1)C(c1ccc(C)cc1C)N(C(=O)NCc1cocn1)CC2. The van der Waals surface area contributed by atoms with Gasteiger partial charge in [-0.3, -0.25) is 4.79 Å². The molecule has 218 valence electrons. The minimum absolute atomic E-state index is 0.110. The molecule has 0 radical (unpaired) electrons. The van der Waals surface area contributed by atoms with Crippen LogP contribution >= 0.6 is 0 Å². The molecule has 2 heterocycles. The number of nitrogens with zero attached hydrogens (tertiary/aromatic N) is 2. The first-order valence-corrected chi connectivity index (χ1v) is 14.0. The van der Waals surface area contributed by atoms with Gasteiger partial charge in [-0.2, -0.15) is 0 Å². The molecule has 3 aromatic carbocycles. The van der Waals surface area contributed by atoms with Crippen LogP contribution < -0.4 is 20.1 Å². The quantitative estimate of drug-likeness (QED) is 0.267. The summed E-state index contributed by atoms with van der Waals surface area (Å²) in [4.78, 5) is 31.0. The van der Waals surface area contributed by atoms with E-state index in [1.165, 1.54) is 19.6 Å². The Morgan fingerprint density at radius 1 is 1.07 bits per heavy atom. The Balaban J connectivity index is 1.43. The lowest BCUT2D eigenvalue weighted by molar-refractivity contribution is -0.114. The van der Waals surface area contributed by atoms with Crippen molar-refractivity contribution in [2.24, 2.45) is 0 Å². The van der Waals surface area contributed by atoms with Crippen LogP contribution in [-0.2, 0) is 24.2 Å². The maximum Gasteiger partial charge on any atom is 0.318 e. The van der Waals surface area contributed by atoms with Crippen molar-refractivity contribution < 1.29 is 23.5 Å². The third-order valence-electron chi connectivity index (χ3n) is 7.43. The van der Waals surface area contributed by atoms with Crippen LogP contribution in [0.2, 0.25) is 0 Å². The summed E-state index contributed by atoms with van der Waals surface area (Å²) in [5.74, 6) is 1.17. The molecule has 4 aromatic rings. The van der Waals surface area contributed by atoms with Crippen LogP contribution in [0.25, 0.3) is 0 Å². The monoisotopic (exact) mass is 568 g/mol. The van der Waals surface area contributed by atoms with Crippen molar-refractivity contribution in [3.63, 3.8) is 0 Å². The number of carbonyl (C=O) groups excluding carboxylic acids is 2. The molecule has 5 rings (SSSR count). The van der Waals surface area contributed by atoms with Crippen molar-refractivity contribution in [3.05, 3.63) is 106 Å². The molecule has 3 amide bonds. The largest absolute Gasteiger partial charge is 0.493 e. The van der Waals surface area contributed by atoms with E-state index in [4.69, 9.17) is 13.9 Å². The predicted octanol–water partition coefficient (Wildman–Crippen LogP) is 5.74. The third kappa shape index (κ3) is 6.57. The molecule has 0 aliphatic carbocycles. The van der Waals surface area contributed by atoms with Crippen molar-refractivity contribution in [1.82, 2.24) is 15.2 Å². The zero-order valence-electron chi connectivity index (χ0n) is 24.4. The molecule has 0 fully saturated rings. The van der Waals surface area contributed by atoms with E-state index >= 15 is 0 Å². The number of methoxy groups -OCH3 is 1. The van der Waals surface area contributed by atoms with Crippen LogP contribution in [0, 0.1) is 13.8 Å². The molecule has 2 N–H and O–H groups in total. The van der Waals surface area contributed by atoms with Gasteiger partial charge in [-0.25, -0.2) is 9.78 Å². The molecule has 1 unspecified atom stereocenters. The van der Waals surface area contributed by atoms with Gasteiger partial charge in [0.1, 0.15) is 6.26 Å². The zero-order valence-corrected chi connectivity index (χ0v) is 24.4. The van der Waals surface area contributed by atoms with Gasteiger partial charge in [-0.15, -0.1) is 0 Å². The molecule has 1 aliphatic heterocycles. The van der Waals surface area contributed by atoms with Crippen molar-refractivity contribution >= 4 is 17.6 Å². The van der Waals surface area contributed by atoms with Crippen LogP contribution in [0.4, 0.5) is 10.5 Å². The molecule has 0 spiro atoms. The molecular weight excluding hydrogens is 532 g/mol. The number of hydrogen-bond donors (Lipinski definition) is 2. The number of aryl methyl sites for hydroxylation is 2. The predicted molar refractivity (Wildman–Crippen MR) is 160 cm³/mol. The summed E-state index contributed by atoms with van der Waals surface area (Å²) >= 11 is 0. The van der Waals surface area contributed by atoms with E-state index in [-0.39, 0.29) is 24.5 Å². The number of fused-ring (bicyclic) bond motifs is 1. The topological polar surface area (TPSA) is 106 Å². The third-order valence-corrected chi connectivity index (χ3v) is 7.43. The summed E-state index contributed by atoms with van der Waals surface area (Å²) in [6, 6.07) is 17.6. The van der Waals surface area contributed by atoms with Gasteiger partial charge in [0.2, 0.25) is 5.91 Å². The lowest BCUT2D eigenvalue weighted by Gasteiger charge is -2.38. The normalized spacial score (nSPS) is 14.2. The highest BCUT2D eigenvalue weighted by Gasteiger charge is 2.34. The standard InChI is InChI=1S/C33H36N4O5/c1-21-8-9-28(22(2)14-21)32-29-17-31(42-13-11-24-6-5-7-26(15-24)36-23(3)38)30(40-4)16-25(29)10-12-37(32)33(39)34-18-27-19-41-20-35-27/h5-9,14-17,19-20,32H,10-13,18H2,1-4H3,(H,34,39)(H,36,38). The van der Waals surface area contributed by atoms with Crippen molar-refractivity contribution in [2.75, 3.05) is 25.6 Å². The molecule has 1 aromatic heterocycles. The average molecular weight is 569 g/mol. The number of oxazole rings is 1. The number of benzene rings is 3. The first-order chi connectivity index (χ1) is 20.3. The summed E-state index contributed by atoms with van der Waals surface area (Å²) in [5, 5.41) is 5.82. The van der Waals surface area contributed by atoms with Gasteiger partial charge in [0.25, 0.3) is 0 Å². The molecule has 1 aliphatic rings. The van der Waals surface area contributed by atoms with E-state index in [1.807, 2.05) is 41.3 Å². The number of nitrogens with one attached hydrogen (secondary N) is 2. The number of amides is 3. The minimum atomic E-state index is -0.311. The highest BCUT2D eigenvalue weighted by Crippen LogP contribution is 2.42. The van der Waals surface area contributed by atoms with Gasteiger partial charge < -0.3 is 29.4 Å². The van der Waals surface area contributed by atoms with E-state index in [2.05, 4.69) is 47.7 Å². The highest BCUT2D eigenvalue weighted by molar-refractivity contribution is 5.88. The van der Waals surface area contributed by atoms with Crippen LogP contribution in [0.5, 0.6) is 11.5 Å². The maximum atomic E-state index is 13.6. The maximum absolute atomic E-state index is 13.6. The Kier molecular flexibility index (Phi) is 8.76. The summed E-state index contributed by atoms with van der Waals surface area (Å²) in [6.07, 6.45) is 4.20. The molecule has 0 saturated heterocycles. The lowest BCUT2D eigenvalue weighted by Crippen LogP contribution is -2.46. The van der Waals surface area contributed by atoms with Crippen molar-refractivity contribution in [3.8, 4) is 11.5 Å². The molecule has 0 bridgehead atoms. The fourth-order valence-corrected chi connectivity index (χ4v) is 5.46. The molecule has 42 heavy (non-hydrogen) atoms. The molecular formula is C33H36N4O5. The fourth-order valence-electron chi connectivity index (χ4n) is 5.46. The van der Waals surface area contributed by atoms with Gasteiger partial charge in [0.05, 0.1) is 32.0 Å². The van der Waals surface area contributed by atoms with Crippen molar-refractivity contribution in [2.45, 2.75) is 46.2 Å². The summed E-state index contributed by atoms with van der Waals surface area (Å²) in [5.41, 5.74) is 7.91. The summed E-state index contributed by atoms with van der Waals surface area (Å²) in [6.45, 7) is 6.87. The second-order valence-corrected chi connectivity index (χ2v) is 10.5. The van der Waals surface area contributed by atoms with Gasteiger partial charge in [-0.05, 0) is 72.4 Å². The smallest absolute Gasteiger partial charge is 0.318 e. The van der Waals surface area contributed by atoms with E-state index in [0.29, 0.717) is 43.2 Å². The minimum Gasteiger partial charge on any atom is -0.493 e. The Hall–Kier alpha value is -4.79. The Bertz CT molecular complexity index is 1570. The van der Waals surface area contributed by atoms with Crippen LogP contribution in [0.3, 0.4) is 0 Å². The summed E-state index contributed by atoms with van der Waals surface area (Å²) < 4.78 is 17.1. The Labute approximate surface area is 245 Å². The highest BCUT2D eigenvalue weighted by atomic mass is 16.5. The van der Waals surface area contributed by atoms with E-state index in [9.17, 15) is 9.59 Å². The van der Waals surface area contributed by atoms with E-state index in [0.717, 1.165) is 39.1 Å². The fraction of sp³-hybridized carbons (Fsp3) is 0.303. The van der Waals surface area contributed by atoms with E-state index < -0.39 is 0 Å². The second-order valence-electron chi connectivity index (χ2n) is 10.5. The first-order valence-electron chi connectivity index (χ1n) is 14.0. The number of anilines is 1. The number of hydrogen-bond acceptors (Lipinski definition) is 6. The van der Waals surface area contributed by atoms with Gasteiger partial charge in [-0.1, -0.05) is 35.9 Å². The number of carbonyl (C=O) groups is 2. The van der Waals surface area contributed by atoms with E-state index in [1.54, 1.807) is 7.11 Å². The van der Waals surface area contributed by atoms with Crippen LogP contribution in [0.15, 0.2) is 71.7 Å². The average Bonchev–Trinajstić information content (AvgIpc) is 3.49. The van der Waals surface area contributed by atoms with Gasteiger partial charge in [0, 0.05) is 25.6 Å². The number of ether oxygens (including phenoxy) is 2. The van der Waals surface area contributed by atoms with Gasteiger partial charge >= 0.3 is 6.03 Å². The molecule has 1 atom stereocenters. The molecule has 9 heteroatoms. The Morgan fingerprint density at radius 2 is 1.93 bits per heavy atom. The molecule has 0 saturated carbocycles. The Morgan fingerprint density at radius 3 is 2.67 bits per heavy atom. The second kappa shape index (κ2) is 12.8. The van der Waals surface area contributed by atoms with Crippen LogP contribution in [-0.4, -0.2) is 42.1 Å². The number of aromatic nitrogens is 1.